The summed E-state index contributed by atoms with van der Waals surface area (Å²) in [5.41, 5.74) is 2.08. The Kier molecular flexibility index (Phi) is 2.85. The molecule has 0 unspecified atom stereocenters. The minimum Gasteiger partial charge on any atom is -0.497 e. The second kappa shape index (κ2) is 4.69. The Hall–Kier alpha value is -2.62. The summed E-state index contributed by atoms with van der Waals surface area (Å²) in [6.45, 7) is 0. The van der Waals surface area contributed by atoms with Crippen LogP contribution in [0.3, 0.4) is 0 Å². The molecule has 0 heterocycles. The molecule has 23 heavy (non-hydrogen) atoms. The van der Waals surface area contributed by atoms with E-state index in [2.05, 4.69) is 0 Å². The minimum atomic E-state index is -0.983. The van der Waals surface area contributed by atoms with Gasteiger partial charge in [-0.1, -0.05) is 12.1 Å². The molecule has 0 atom stereocenters. The van der Waals surface area contributed by atoms with Gasteiger partial charge in [0.2, 0.25) is 0 Å². The van der Waals surface area contributed by atoms with Gasteiger partial charge in [-0.05, 0) is 48.2 Å². The second-order valence-corrected chi connectivity index (χ2v) is 6.14. The van der Waals surface area contributed by atoms with Crippen LogP contribution in [-0.2, 0) is 12.8 Å². The van der Waals surface area contributed by atoms with Gasteiger partial charge in [0.05, 0.1) is 14.2 Å². The van der Waals surface area contributed by atoms with Crippen molar-refractivity contribution in [3.63, 3.8) is 0 Å². The van der Waals surface area contributed by atoms with Crippen molar-refractivity contribution < 1.29 is 19.1 Å². The fraction of sp³-hybridized carbons (Fsp3) is 0.263. The largest absolute Gasteiger partial charge is 0.497 e. The topological polar surface area (TPSA) is 52.6 Å². The molecule has 4 nitrogen and oxygen atoms in total. The molecule has 2 aromatic rings. The molecular weight excluding hydrogens is 292 g/mol. The Morgan fingerprint density at radius 2 is 1.22 bits per heavy atom. The molecule has 2 aliphatic carbocycles. The molecule has 116 valence electrons. The van der Waals surface area contributed by atoms with Crippen molar-refractivity contribution in [2.45, 2.75) is 12.8 Å². The number of fused-ring (bicyclic) bond motifs is 2. The highest BCUT2D eigenvalue weighted by atomic mass is 16.5. The highest BCUT2D eigenvalue weighted by Crippen LogP contribution is 2.48. The molecule has 2 aliphatic rings. The zero-order valence-electron chi connectivity index (χ0n) is 13.0. The molecule has 0 radical (unpaired) electrons. The van der Waals surface area contributed by atoms with Gasteiger partial charge in [0.1, 0.15) is 16.9 Å². The zero-order valence-corrected chi connectivity index (χ0v) is 13.0. The summed E-state index contributed by atoms with van der Waals surface area (Å²) in [4.78, 5) is 26.0. The van der Waals surface area contributed by atoms with Gasteiger partial charge in [0.15, 0.2) is 11.6 Å². The Morgan fingerprint density at radius 3 is 1.61 bits per heavy atom. The molecule has 0 N–H and O–H groups in total. The lowest BCUT2D eigenvalue weighted by molar-refractivity contribution is 0.0705. The molecule has 4 heteroatoms. The van der Waals surface area contributed by atoms with Gasteiger partial charge in [0.25, 0.3) is 0 Å². The maximum atomic E-state index is 13.0. The van der Waals surface area contributed by atoms with E-state index in [4.69, 9.17) is 9.47 Å². The van der Waals surface area contributed by atoms with Crippen LogP contribution in [0.15, 0.2) is 36.4 Å². The molecule has 0 bridgehead atoms. The van der Waals surface area contributed by atoms with Crippen LogP contribution in [0.25, 0.3) is 0 Å². The highest BCUT2D eigenvalue weighted by Gasteiger charge is 2.55. The number of benzene rings is 2. The Labute approximate surface area is 134 Å². The first-order valence-electron chi connectivity index (χ1n) is 7.52. The summed E-state index contributed by atoms with van der Waals surface area (Å²) in [6, 6.07) is 10.9. The number of hydrogen-bond donors (Lipinski definition) is 0. The van der Waals surface area contributed by atoms with Crippen LogP contribution in [0.4, 0.5) is 0 Å². The van der Waals surface area contributed by atoms with E-state index in [9.17, 15) is 9.59 Å². The molecular formula is C19H16O4. The number of ether oxygens (including phenoxy) is 2. The third-order valence-electron chi connectivity index (χ3n) is 4.98. The third kappa shape index (κ3) is 1.78. The van der Waals surface area contributed by atoms with E-state index in [-0.39, 0.29) is 11.6 Å². The van der Waals surface area contributed by atoms with Gasteiger partial charge in [-0.3, -0.25) is 9.59 Å². The van der Waals surface area contributed by atoms with Crippen LogP contribution in [0.2, 0.25) is 0 Å². The summed E-state index contributed by atoms with van der Waals surface area (Å²) in [7, 11) is 3.14. The van der Waals surface area contributed by atoms with Crippen LogP contribution in [0, 0.1) is 5.41 Å². The van der Waals surface area contributed by atoms with Crippen LogP contribution >= 0.6 is 0 Å². The smallest absolute Gasteiger partial charge is 0.177 e. The minimum absolute atomic E-state index is 0.0911. The number of Topliss-reactive ketones (excluding diaryl/α,β-unsaturated/α-hetero) is 2. The van der Waals surface area contributed by atoms with Crippen molar-refractivity contribution in [3.05, 3.63) is 58.7 Å². The summed E-state index contributed by atoms with van der Waals surface area (Å²) in [6.07, 6.45) is 0.919. The van der Waals surface area contributed by atoms with E-state index in [0.29, 0.717) is 35.5 Å². The quantitative estimate of drug-likeness (QED) is 0.801. The van der Waals surface area contributed by atoms with E-state index < -0.39 is 5.41 Å². The van der Waals surface area contributed by atoms with E-state index in [1.807, 2.05) is 24.3 Å². The highest BCUT2D eigenvalue weighted by molar-refractivity contribution is 6.24. The molecule has 4 rings (SSSR count). The average molecular weight is 308 g/mol. The number of carbonyl (C=O) groups is 2. The first-order valence-corrected chi connectivity index (χ1v) is 7.52. The van der Waals surface area contributed by atoms with Gasteiger partial charge in [-0.15, -0.1) is 0 Å². The van der Waals surface area contributed by atoms with E-state index >= 15 is 0 Å². The number of ketones is 2. The molecule has 0 saturated carbocycles. The van der Waals surface area contributed by atoms with E-state index in [1.54, 1.807) is 26.4 Å². The summed E-state index contributed by atoms with van der Waals surface area (Å²) < 4.78 is 10.4. The number of rotatable bonds is 2. The standard InChI is InChI=1S/C19H16O4/c1-22-13-5-3-11-9-19(17(20)15(11)7-13)10-12-4-6-14(23-2)8-16(12)18(19)21/h3-8H,9-10H2,1-2H3. The maximum absolute atomic E-state index is 13.0. The lowest BCUT2D eigenvalue weighted by Crippen LogP contribution is -2.34. The van der Waals surface area contributed by atoms with Crippen molar-refractivity contribution in [3.8, 4) is 11.5 Å². The summed E-state index contributed by atoms with van der Waals surface area (Å²) in [5, 5.41) is 0. The monoisotopic (exact) mass is 308 g/mol. The molecule has 0 aromatic heterocycles. The van der Waals surface area contributed by atoms with Gasteiger partial charge in [-0.2, -0.15) is 0 Å². The van der Waals surface area contributed by atoms with Gasteiger partial charge in [-0.25, -0.2) is 0 Å². The summed E-state index contributed by atoms with van der Waals surface area (Å²) >= 11 is 0. The van der Waals surface area contributed by atoms with Crippen molar-refractivity contribution >= 4 is 11.6 Å². The molecule has 0 saturated heterocycles. The van der Waals surface area contributed by atoms with Gasteiger partial charge < -0.3 is 9.47 Å². The Morgan fingerprint density at radius 1 is 0.783 bits per heavy atom. The van der Waals surface area contributed by atoms with Crippen molar-refractivity contribution in [2.75, 3.05) is 14.2 Å². The van der Waals surface area contributed by atoms with Crippen LogP contribution in [0.5, 0.6) is 11.5 Å². The maximum Gasteiger partial charge on any atom is 0.177 e. The molecule has 0 fully saturated rings. The zero-order chi connectivity index (χ0) is 16.2. The second-order valence-electron chi connectivity index (χ2n) is 6.14. The number of hydrogen-bond acceptors (Lipinski definition) is 4. The van der Waals surface area contributed by atoms with Crippen LogP contribution in [0.1, 0.15) is 31.8 Å². The van der Waals surface area contributed by atoms with Crippen molar-refractivity contribution in [1.29, 1.82) is 0 Å². The van der Waals surface area contributed by atoms with E-state index in [0.717, 1.165) is 11.1 Å². The van der Waals surface area contributed by atoms with Crippen molar-refractivity contribution in [1.82, 2.24) is 0 Å². The first kappa shape index (κ1) is 14.0. The lowest BCUT2D eigenvalue weighted by Gasteiger charge is -2.18. The van der Waals surface area contributed by atoms with Crippen LogP contribution < -0.4 is 9.47 Å². The normalized spacial score (nSPS) is 17.3. The first-order chi connectivity index (χ1) is 11.1. The molecule has 0 amide bonds. The van der Waals surface area contributed by atoms with Crippen LogP contribution in [-0.4, -0.2) is 25.8 Å². The average Bonchev–Trinajstić information content (AvgIpc) is 3.02. The molecule has 1 spiro atoms. The number of carbonyl (C=O) groups excluding carboxylic acids is 2. The molecule has 0 aliphatic heterocycles. The Balaban J connectivity index is 1.80. The predicted molar refractivity (Wildman–Crippen MR) is 84.5 cm³/mol. The van der Waals surface area contributed by atoms with Gasteiger partial charge >= 0.3 is 0 Å². The lowest BCUT2D eigenvalue weighted by atomic mass is 9.80. The molecule has 2 aromatic carbocycles. The SMILES string of the molecule is COc1ccc2c(c1)C(=O)C1(C2)Cc2ccc(OC)cc2C1=O. The van der Waals surface area contributed by atoms with E-state index in [1.165, 1.54) is 0 Å². The third-order valence-corrected chi connectivity index (χ3v) is 4.98. The Bertz CT molecular complexity index is 779. The fourth-order valence-corrected chi connectivity index (χ4v) is 3.75. The van der Waals surface area contributed by atoms with Crippen molar-refractivity contribution in [2.24, 2.45) is 5.41 Å². The summed E-state index contributed by atoms with van der Waals surface area (Å²) in [5.74, 6) is 1.09. The fourth-order valence-electron chi connectivity index (χ4n) is 3.75. The number of methoxy groups -OCH3 is 2. The van der Waals surface area contributed by atoms with Gasteiger partial charge in [0, 0.05) is 11.1 Å². The predicted octanol–water partition coefficient (Wildman–Crippen LogP) is 2.87.